The Morgan fingerprint density at radius 2 is 2.42 bits per heavy atom. The third-order valence-electron chi connectivity index (χ3n) is 2.66. The standard InChI is InChI=1S/C9H19NO2/c1-2-7(6-10)9(11)8-4-3-5-12-8/h7-9,11H,2-6,10H2,1H3. The van der Waals surface area contributed by atoms with Crippen LogP contribution in [0.25, 0.3) is 0 Å². The zero-order valence-corrected chi connectivity index (χ0v) is 7.70. The Morgan fingerprint density at radius 3 is 2.83 bits per heavy atom. The lowest BCUT2D eigenvalue weighted by atomic mass is 9.94. The largest absolute Gasteiger partial charge is 0.390 e. The van der Waals surface area contributed by atoms with Crippen LogP contribution in [0.3, 0.4) is 0 Å². The van der Waals surface area contributed by atoms with Crippen LogP contribution < -0.4 is 5.73 Å². The molecule has 3 atom stereocenters. The van der Waals surface area contributed by atoms with E-state index in [9.17, 15) is 5.11 Å². The van der Waals surface area contributed by atoms with Gasteiger partial charge in [0.2, 0.25) is 0 Å². The summed E-state index contributed by atoms with van der Waals surface area (Å²) in [6.45, 7) is 3.40. The Balaban J connectivity index is 2.37. The van der Waals surface area contributed by atoms with Crippen LogP contribution in [0.5, 0.6) is 0 Å². The lowest BCUT2D eigenvalue weighted by Gasteiger charge is -2.24. The second-order valence-electron chi connectivity index (χ2n) is 3.45. The van der Waals surface area contributed by atoms with E-state index in [2.05, 4.69) is 6.92 Å². The van der Waals surface area contributed by atoms with Gasteiger partial charge in [-0.2, -0.15) is 0 Å². The van der Waals surface area contributed by atoms with Crippen molar-refractivity contribution in [2.24, 2.45) is 11.7 Å². The summed E-state index contributed by atoms with van der Waals surface area (Å²) in [7, 11) is 0. The predicted molar refractivity (Wildman–Crippen MR) is 47.8 cm³/mol. The number of rotatable bonds is 4. The summed E-state index contributed by atoms with van der Waals surface area (Å²) in [5, 5.41) is 9.80. The molecule has 0 aromatic rings. The smallest absolute Gasteiger partial charge is 0.0841 e. The van der Waals surface area contributed by atoms with Crippen LogP contribution in [-0.2, 0) is 4.74 Å². The molecular weight excluding hydrogens is 154 g/mol. The average molecular weight is 173 g/mol. The molecule has 0 aromatic carbocycles. The fraction of sp³-hybridized carbons (Fsp3) is 1.00. The van der Waals surface area contributed by atoms with E-state index in [-0.39, 0.29) is 18.1 Å². The first kappa shape index (κ1) is 9.96. The molecule has 3 heteroatoms. The van der Waals surface area contributed by atoms with E-state index in [4.69, 9.17) is 10.5 Å². The van der Waals surface area contributed by atoms with Crippen molar-refractivity contribution in [2.75, 3.05) is 13.2 Å². The van der Waals surface area contributed by atoms with E-state index in [1.54, 1.807) is 0 Å². The summed E-state index contributed by atoms with van der Waals surface area (Å²) in [6, 6.07) is 0. The highest BCUT2D eigenvalue weighted by atomic mass is 16.5. The number of aliphatic hydroxyl groups is 1. The molecule has 0 bridgehead atoms. The predicted octanol–water partition coefficient (Wildman–Crippen LogP) is 0.511. The van der Waals surface area contributed by atoms with Crippen LogP contribution in [-0.4, -0.2) is 30.5 Å². The van der Waals surface area contributed by atoms with E-state index in [1.165, 1.54) is 0 Å². The minimum atomic E-state index is -0.359. The molecule has 1 heterocycles. The van der Waals surface area contributed by atoms with Crippen LogP contribution >= 0.6 is 0 Å². The van der Waals surface area contributed by atoms with Crippen molar-refractivity contribution in [3.05, 3.63) is 0 Å². The van der Waals surface area contributed by atoms with Crippen LogP contribution in [0.4, 0.5) is 0 Å². The molecule has 1 fully saturated rings. The highest BCUT2D eigenvalue weighted by Crippen LogP contribution is 2.21. The first-order chi connectivity index (χ1) is 5.79. The monoisotopic (exact) mass is 173 g/mol. The van der Waals surface area contributed by atoms with Gasteiger partial charge in [0.1, 0.15) is 0 Å². The van der Waals surface area contributed by atoms with Gasteiger partial charge in [0.15, 0.2) is 0 Å². The van der Waals surface area contributed by atoms with Crippen LogP contribution in [0.15, 0.2) is 0 Å². The minimum absolute atomic E-state index is 0.0403. The summed E-state index contributed by atoms with van der Waals surface area (Å²) in [5.41, 5.74) is 5.54. The van der Waals surface area contributed by atoms with Crippen molar-refractivity contribution < 1.29 is 9.84 Å². The molecule has 1 rings (SSSR count). The number of aliphatic hydroxyl groups excluding tert-OH is 1. The Labute approximate surface area is 73.9 Å². The van der Waals surface area contributed by atoms with Crippen molar-refractivity contribution in [1.82, 2.24) is 0 Å². The molecule has 0 aromatic heterocycles. The summed E-state index contributed by atoms with van der Waals surface area (Å²) < 4.78 is 5.39. The van der Waals surface area contributed by atoms with Gasteiger partial charge < -0.3 is 15.6 Å². The first-order valence-corrected chi connectivity index (χ1v) is 4.79. The molecule has 72 valence electrons. The van der Waals surface area contributed by atoms with Gasteiger partial charge in [0.05, 0.1) is 12.2 Å². The summed E-state index contributed by atoms with van der Waals surface area (Å²) in [6.07, 6.45) is 2.67. The maximum absolute atomic E-state index is 9.80. The molecule has 1 aliphatic rings. The van der Waals surface area contributed by atoms with E-state index in [0.717, 1.165) is 25.9 Å². The van der Waals surface area contributed by atoms with Crippen molar-refractivity contribution in [2.45, 2.75) is 38.4 Å². The normalized spacial score (nSPS) is 28.8. The molecule has 0 aliphatic carbocycles. The minimum Gasteiger partial charge on any atom is -0.390 e. The number of hydrogen-bond acceptors (Lipinski definition) is 3. The number of hydrogen-bond donors (Lipinski definition) is 2. The van der Waals surface area contributed by atoms with Gasteiger partial charge in [-0.25, -0.2) is 0 Å². The molecule has 0 spiro atoms. The quantitative estimate of drug-likeness (QED) is 0.651. The van der Waals surface area contributed by atoms with Gasteiger partial charge in [-0.3, -0.25) is 0 Å². The zero-order valence-electron chi connectivity index (χ0n) is 7.70. The number of nitrogens with two attached hydrogens (primary N) is 1. The number of ether oxygens (including phenoxy) is 1. The van der Waals surface area contributed by atoms with Gasteiger partial charge in [0.25, 0.3) is 0 Å². The van der Waals surface area contributed by atoms with Crippen molar-refractivity contribution in [1.29, 1.82) is 0 Å². The molecule has 0 saturated carbocycles. The highest BCUT2D eigenvalue weighted by molar-refractivity contribution is 4.79. The summed E-state index contributed by atoms with van der Waals surface area (Å²) in [4.78, 5) is 0. The third kappa shape index (κ3) is 2.19. The van der Waals surface area contributed by atoms with Gasteiger partial charge in [0, 0.05) is 6.61 Å². The van der Waals surface area contributed by atoms with E-state index in [0.29, 0.717) is 6.54 Å². The Hall–Kier alpha value is -0.120. The van der Waals surface area contributed by atoms with Gasteiger partial charge in [-0.15, -0.1) is 0 Å². The van der Waals surface area contributed by atoms with Crippen molar-refractivity contribution >= 4 is 0 Å². The molecule has 12 heavy (non-hydrogen) atoms. The van der Waals surface area contributed by atoms with Gasteiger partial charge >= 0.3 is 0 Å². The first-order valence-electron chi connectivity index (χ1n) is 4.79. The molecule has 1 aliphatic heterocycles. The Morgan fingerprint density at radius 1 is 1.67 bits per heavy atom. The molecule has 3 unspecified atom stereocenters. The van der Waals surface area contributed by atoms with Gasteiger partial charge in [-0.1, -0.05) is 6.92 Å². The third-order valence-corrected chi connectivity index (χ3v) is 2.66. The molecule has 1 saturated heterocycles. The lowest BCUT2D eigenvalue weighted by molar-refractivity contribution is -0.0309. The topological polar surface area (TPSA) is 55.5 Å². The summed E-state index contributed by atoms with van der Waals surface area (Å²) in [5.74, 6) is 0.202. The maximum Gasteiger partial charge on any atom is 0.0841 e. The fourth-order valence-electron chi connectivity index (χ4n) is 1.72. The van der Waals surface area contributed by atoms with E-state index >= 15 is 0 Å². The average Bonchev–Trinajstić information content (AvgIpc) is 2.58. The van der Waals surface area contributed by atoms with Crippen molar-refractivity contribution in [3.8, 4) is 0 Å². The SMILES string of the molecule is CCC(CN)C(O)C1CCCO1. The van der Waals surface area contributed by atoms with Crippen LogP contribution in [0, 0.1) is 5.92 Å². The second kappa shape index (κ2) is 4.80. The highest BCUT2D eigenvalue weighted by Gasteiger charge is 2.28. The van der Waals surface area contributed by atoms with E-state index in [1.807, 2.05) is 0 Å². The Kier molecular flexibility index (Phi) is 3.98. The molecule has 0 amide bonds. The molecular formula is C9H19NO2. The Bertz CT molecular complexity index is 118. The fourth-order valence-corrected chi connectivity index (χ4v) is 1.72. The molecule has 3 N–H and O–H groups in total. The van der Waals surface area contributed by atoms with E-state index < -0.39 is 0 Å². The van der Waals surface area contributed by atoms with Crippen LogP contribution in [0.1, 0.15) is 26.2 Å². The van der Waals surface area contributed by atoms with Crippen molar-refractivity contribution in [3.63, 3.8) is 0 Å². The van der Waals surface area contributed by atoms with Crippen LogP contribution in [0.2, 0.25) is 0 Å². The maximum atomic E-state index is 9.80. The van der Waals surface area contributed by atoms with Gasteiger partial charge in [-0.05, 0) is 31.7 Å². The second-order valence-corrected chi connectivity index (χ2v) is 3.45. The lowest BCUT2D eigenvalue weighted by Crippen LogP contribution is -2.36. The summed E-state index contributed by atoms with van der Waals surface area (Å²) >= 11 is 0. The molecule has 0 radical (unpaired) electrons. The zero-order chi connectivity index (χ0) is 8.97. The molecule has 3 nitrogen and oxygen atoms in total.